The lowest BCUT2D eigenvalue weighted by atomic mass is 9.99. The molecule has 0 radical (unpaired) electrons. The Morgan fingerprint density at radius 2 is 2.23 bits per heavy atom. The van der Waals surface area contributed by atoms with Crippen molar-refractivity contribution < 1.29 is 14.7 Å². The third-order valence-corrected chi connectivity index (χ3v) is 4.38. The standard InChI is InChI=1S/C14H17N3O4S/c1-3-8(2)11(14(20)21)16-10(18)6-17-7-15-12-9(13(17)19)4-5-22-12/h4-5,7-8,11H,3,6H2,1-2H3,(H,16,18)(H,20,21). The van der Waals surface area contributed by atoms with E-state index >= 15 is 0 Å². The van der Waals surface area contributed by atoms with Gasteiger partial charge in [-0.1, -0.05) is 20.3 Å². The number of fused-ring (bicyclic) bond motifs is 1. The van der Waals surface area contributed by atoms with Gasteiger partial charge in [0.25, 0.3) is 5.56 Å². The molecule has 0 aromatic carbocycles. The van der Waals surface area contributed by atoms with E-state index in [1.165, 1.54) is 22.2 Å². The van der Waals surface area contributed by atoms with Crippen molar-refractivity contribution >= 4 is 33.4 Å². The molecular weight excluding hydrogens is 306 g/mol. The van der Waals surface area contributed by atoms with Gasteiger partial charge in [0, 0.05) is 0 Å². The number of thiophene rings is 1. The average molecular weight is 323 g/mol. The number of nitrogens with zero attached hydrogens (tertiary/aromatic N) is 2. The fourth-order valence-electron chi connectivity index (χ4n) is 2.06. The van der Waals surface area contributed by atoms with Crippen molar-refractivity contribution in [3.05, 3.63) is 28.1 Å². The van der Waals surface area contributed by atoms with Crippen LogP contribution in [0.25, 0.3) is 10.2 Å². The summed E-state index contributed by atoms with van der Waals surface area (Å²) in [5.41, 5.74) is -0.309. The zero-order valence-corrected chi connectivity index (χ0v) is 13.1. The lowest BCUT2D eigenvalue weighted by Crippen LogP contribution is -2.46. The van der Waals surface area contributed by atoms with E-state index in [0.717, 1.165) is 0 Å². The number of hydrogen-bond acceptors (Lipinski definition) is 5. The van der Waals surface area contributed by atoms with Gasteiger partial charge in [0.05, 0.1) is 11.7 Å². The van der Waals surface area contributed by atoms with Crippen LogP contribution in [-0.4, -0.2) is 32.6 Å². The Balaban J connectivity index is 2.15. The molecule has 0 aliphatic rings. The van der Waals surface area contributed by atoms with Gasteiger partial charge in [0.1, 0.15) is 17.4 Å². The molecule has 0 fully saturated rings. The van der Waals surface area contributed by atoms with Crippen molar-refractivity contribution in [2.24, 2.45) is 5.92 Å². The van der Waals surface area contributed by atoms with Crippen LogP contribution in [0.3, 0.4) is 0 Å². The Morgan fingerprint density at radius 1 is 1.50 bits per heavy atom. The fraction of sp³-hybridized carbons (Fsp3) is 0.429. The number of aliphatic carboxylic acids is 1. The maximum Gasteiger partial charge on any atom is 0.326 e. The zero-order chi connectivity index (χ0) is 16.3. The highest BCUT2D eigenvalue weighted by Crippen LogP contribution is 2.13. The highest BCUT2D eigenvalue weighted by atomic mass is 32.1. The quantitative estimate of drug-likeness (QED) is 0.828. The zero-order valence-electron chi connectivity index (χ0n) is 12.3. The number of carbonyl (C=O) groups is 2. The summed E-state index contributed by atoms with van der Waals surface area (Å²) in [5.74, 6) is -1.80. The molecule has 2 aromatic rings. The minimum Gasteiger partial charge on any atom is -0.480 e. The minimum atomic E-state index is -1.08. The van der Waals surface area contributed by atoms with Crippen molar-refractivity contribution in [2.45, 2.75) is 32.9 Å². The number of nitrogens with one attached hydrogen (secondary N) is 1. The molecule has 2 rings (SSSR count). The third-order valence-electron chi connectivity index (χ3n) is 3.56. The predicted molar refractivity (Wildman–Crippen MR) is 82.9 cm³/mol. The van der Waals surface area contributed by atoms with E-state index in [0.29, 0.717) is 16.6 Å². The molecule has 1 amide bonds. The maximum atomic E-state index is 12.2. The number of carbonyl (C=O) groups excluding carboxylic acids is 1. The van der Waals surface area contributed by atoms with Crippen molar-refractivity contribution in [3.8, 4) is 0 Å². The van der Waals surface area contributed by atoms with Gasteiger partial charge >= 0.3 is 5.97 Å². The van der Waals surface area contributed by atoms with Gasteiger partial charge < -0.3 is 10.4 Å². The van der Waals surface area contributed by atoms with Gasteiger partial charge in [-0.2, -0.15) is 0 Å². The predicted octanol–water partition coefficient (Wildman–Crippen LogP) is 1.07. The Labute approximate surface area is 130 Å². The van der Waals surface area contributed by atoms with Crippen LogP contribution in [0.5, 0.6) is 0 Å². The van der Waals surface area contributed by atoms with Crippen molar-refractivity contribution in [2.75, 3.05) is 0 Å². The van der Waals surface area contributed by atoms with Gasteiger partial charge in [-0.25, -0.2) is 9.78 Å². The highest BCUT2D eigenvalue weighted by Gasteiger charge is 2.25. The summed E-state index contributed by atoms with van der Waals surface area (Å²) in [6, 6.07) is 0.689. The van der Waals surface area contributed by atoms with Crippen molar-refractivity contribution in [3.63, 3.8) is 0 Å². The van der Waals surface area contributed by atoms with Crippen LogP contribution in [0.15, 0.2) is 22.6 Å². The maximum absolute atomic E-state index is 12.2. The summed E-state index contributed by atoms with van der Waals surface area (Å²) in [7, 11) is 0. The molecule has 7 nitrogen and oxygen atoms in total. The first-order valence-corrected chi connectivity index (χ1v) is 7.76. The van der Waals surface area contributed by atoms with Gasteiger partial charge in [0.15, 0.2) is 0 Å². The first-order chi connectivity index (χ1) is 10.4. The van der Waals surface area contributed by atoms with Crippen LogP contribution < -0.4 is 10.9 Å². The molecule has 2 atom stereocenters. The number of amides is 1. The Bertz CT molecular complexity index is 752. The lowest BCUT2D eigenvalue weighted by molar-refractivity contribution is -0.143. The van der Waals surface area contributed by atoms with Gasteiger partial charge in [-0.05, 0) is 17.4 Å². The number of carboxylic acids is 1. The third kappa shape index (κ3) is 3.33. The Kier molecular flexibility index (Phi) is 4.92. The molecule has 2 unspecified atom stereocenters. The fourth-order valence-corrected chi connectivity index (χ4v) is 2.79. The van der Waals surface area contributed by atoms with E-state index in [9.17, 15) is 14.4 Å². The van der Waals surface area contributed by atoms with Crippen LogP contribution in [0.4, 0.5) is 0 Å². The monoisotopic (exact) mass is 323 g/mol. The molecule has 2 N–H and O–H groups in total. The molecular formula is C14H17N3O4S. The number of hydrogen-bond donors (Lipinski definition) is 2. The van der Waals surface area contributed by atoms with Crippen LogP contribution >= 0.6 is 11.3 Å². The van der Waals surface area contributed by atoms with Crippen LogP contribution in [0.2, 0.25) is 0 Å². The molecule has 0 aliphatic carbocycles. The molecule has 0 spiro atoms. The molecule has 118 valence electrons. The van der Waals surface area contributed by atoms with Crippen LogP contribution in [-0.2, 0) is 16.1 Å². The van der Waals surface area contributed by atoms with E-state index in [1.54, 1.807) is 18.4 Å². The van der Waals surface area contributed by atoms with E-state index in [-0.39, 0.29) is 18.0 Å². The summed E-state index contributed by atoms with van der Waals surface area (Å²) in [4.78, 5) is 40.1. The molecule has 2 heterocycles. The molecule has 0 saturated heterocycles. The molecule has 0 bridgehead atoms. The van der Waals surface area contributed by atoms with Gasteiger partial charge in [-0.15, -0.1) is 11.3 Å². The van der Waals surface area contributed by atoms with Crippen LogP contribution in [0, 0.1) is 5.92 Å². The average Bonchev–Trinajstić information content (AvgIpc) is 2.96. The summed E-state index contributed by atoms with van der Waals surface area (Å²) < 4.78 is 1.18. The topological polar surface area (TPSA) is 101 Å². The number of aromatic nitrogens is 2. The summed E-state index contributed by atoms with van der Waals surface area (Å²) in [6.45, 7) is 3.35. The molecule has 22 heavy (non-hydrogen) atoms. The largest absolute Gasteiger partial charge is 0.480 e. The second-order valence-electron chi connectivity index (χ2n) is 5.09. The van der Waals surface area contributed by atoms with Gasteiger partial charge in [0.2, 0.25) is 5.91 Å². The summed E-state index contributed by atoms with van der Waals surface area (Å²) in [5, 5.41) is 13.8. The highest BCUT2D eigenvalue weighted by molar-refractivity contribution is 7.16. The molecule has 0 aliphatic heterocycles. The SMILES string of the molecule is CCC(C)C(NC(=O)Cn1cnc2sccc2c1=O)C(=O)O. The van der Waals surface area contributed by atoms with E-state index < -0.39 is 17.9 Å². The van der Waals surface area contributed by atoms with E-state index in [4.69, 9.17) is 5.11 Å². The van der Waals surface area contributed by atoms with Crippen molar-refractivity contribution in [1.82, 2.24) is 14.9 Å². The van der Waals surface area contributed by atoms with Crippen LogP contribution in [0.1, 0.15) is 20.3 Å². The van der Waals surface area contributed by atoms with E-state index in [1.807, 2.05) is 6.92 Å². The Hall–Kier alpha value is -2.22. The summed E-state index contributed by atoms with van der Waals surface area (Å²) in [6.07, 6.45) is 1.93. The second kappa shape index (κ2) is 6.69. The smallest absolute Gasteiger partial charge is 0.326 e. The van der Waals surface area contributed by atoms with E-state index in [2.05, 4.69) is 10.3 Å². The second-order valence-corrected chi connectivity index (χ2v) is 5.98. The first-order valence-electron chi connectivity index (χ1n) is 6.88. The normalized spacial score (nSPS) is 13.7. The van der Waals surface area contributed by atoms with Crippen molar-refractivity contribution in [1.29, 1.82) is 0 Å². The molecule has 8 heteroatoms. The molecule has 0 saturated carbocycles. The van der Waals surface area contributed by atoms with Gasteiger partial charge in [-0.3, -0.25) is 14.2 Å². The number of rotatable bonds is 6. The summed E-state index contributed by atoms with van der Waals surface area (Å²) >= 11 is 1.35. The molecule has 2 aromatic heterocycles. The lowest BCUT2D eigenvalue weighted by Gasteiger charge is -2.20. The number of carboxylic acid groups (broad SMARTS) is 1. The Morgan fingerprint density at radius 3 is 2.86 bits per heavy atom. The first kappa shape index (κ1) is 16.2. The minimum absolute atomic E-state index is 0.198.